The molecule has 3 aromatic carbocycles. The molecule has 3 aromatic rings. The fourth-order valence-electron chi connectivity index (χ4n) is 4.05. The number of nitrogens with zero attached hydrogens (tertiary/aromatic N) is 2. The smallest absolute Gasteiger partial charge is 0.252 e. The van der Waals surface area contributed by atoms with E-state index < -0.39 is 27.9 Å². The molecule has 0 aliphatic carbocycles. The van der Waals surface area contributed by atoms with Crippen molar-refractivity contribution in [3.05, 3.63) is 83.4 Å². The molecule has 1 aliphatic heterocycles. The minimum atomic E-state index is -4.23. The van der Waals surface area contributed by atoms with Crippen LogP contribution in [0.4, 0.5) is 11.4 Å². The Labute approximate surface area is 219 Å². The Hall–Kier alpha value is -3.73. The van der Waals surface area contributed by atoms with Gasteiger partial charge in [0.2, 0.25) is 21.8 Å². The zero-order chi connectivity index (χ0) is 26.7. The van der Waals surface area contributed by atoms with Crippen LogP contribution in [0.15, 0.2) is 77.7 Å². The summed E-state index contributed by atoms with van der Waals surface area (Å²) in [5.74, 6) is -1.02. The van der Waals surface area contributed by atoms with E-state index >= 15 is 0 Å². The first kappa shape index (κ1) is 26.3. The molecule has 37 heavy (non-hydrogen) atoms. The summed E-state index contributed by atoms with van der Waals surface area (Å²) in [6, 6.07) is 17.3. The molecule has 1 N–H and O–H groups in total. The van der Waals surface area contributed by atoms with E-state index in [2.05, 4.69) is 5.32 Å². The van der Waals surface area contributed by atoms with Crippen LogP contribution in [-0.4, -0.2) is 43.6 Å². The molecule has 0 spiro atoms. The highest BCUT2D eigenvalue weighted by atomic mass is 35.5. The van der Waals surface area contributed by atoms with Crippen LogP contribution in [-0.2, 0) is 31.0 Å². The summed E-state index contributed by atoms with van der Waals surface area (Å²) in [4.78, 5) is 38.7. The molecular weight excluding hydrogens is 518 g/mol. The Morgan fingerprint density at radius 3 is 2.30 bits per heavy atom. The van der Waals surface area contributed by atoms with Crippen LogP contribution < -0.4 is 15.0 Å². The molecule has 9 nitrogen and oxygen atoms in total. The van der Waals surface area contributed by atoms with E-state index in [-0.39, 0.29) is 29.5 Å². The summed E-state index contributed by atoms with van der Waals surface area (Å²) < 4.78 is 33.7. The molecule has 0 radical (unpaired) electrons. The van der Waals surface area contributed by atoms with Crippen molar-refractivity contribution in [2.75, 3.05) is 17.3 Å². The van der Waals surface area contributed by atoms with Gasteiger partial charge in [-0.3, -0.25) is 14.4 Å². The molecule has 0 aromatic heterocycles. The molecule has 3 amide bonds. The number of carbonyl (C=O) groups is 3. The highest BCUT2D eigenvalue weighted by molar-refractivity contribution is 7.89. The third-order valence-electron chi connectivity index (χ3n) is 5.87. The summed E-state index contributed by atoms with van der Waals surface area (Å²) in [6.07, 6.45) is -0.341. The van der Waals surface area contributed by atoms with Crippen molar-refractivity contribution >= 4 is 50.7 Å². The minimum absolute atomic E-state index is 0.0567. The maximum Gasteiger partial charge on any atom is 0.252 e. The lowest BCUT2D eigenvalue weighted by Gasteiger charge is -2.27. The second-order valence-electron chi connectivity index (χ2n) is 8.33. The zero-order valence-electron chi connectivity index (χ0n) is 20.0. The Balaban J connectivity index is 1.71. The maximum atomic E-state index is 13.8. The van der Waals surface area contributed by atoms with Crippen LogP contribution in [0.2, 0.25) is 5.02 Å². The first-order valence-corrected chi connectivity index (χ1v) is 13.1. The lowest BCUT2D eigenvalue weighted by atomic mass is 10.2. The highest BCUT2D eigenvalue weighted by Gasteiger charge is 2.47. The molecule has 4 rings (SSSR count). The number of hydrogen-bond donors (Lipinski definition) is 1. The molecule has 11 heteroatoms. The second kappa shape index (κ2) is 10.7. The van der Waals surface area contributed by atoms with E-state index in [1.54, 1.807) is 36.4 Å². The van der Waals surface area contributed by atoms with Gasteiger partial charge in [0.05, 0.1) is 24.1 Å². The maximum absolute atomic E-state index is 13.8. The molecule has 0 saturated carbocycles. The van der Waals surface area contributed by atoms with Crippen molar-refractivity contribution in [1.82, 2.24) is 4.31 Å². The zero-order valence-corrected chi connectivity index (χ0v) is 21.6. The largest absolute Gasteiger partial charge is 0.497 e. The summed E-state index contributed by atoms with van der Waals surface area (Å²) in [6.45, 7) is 1.15. The molecule has 1 heterocycles. The van der Waals surface area contributed by atoms with Gasteiger partial charge in [-0.05, 0) is 60.2 Å². The van der Waals surface area contributed by atoms with E-state index in [1.165, 1.54) is 50.4 Å². The van der Waals surface area contributed by atoms with Crippen LogP contribution in [0, 0.1) is 0 Å². The third-order valence-corrected chi connectivity index (χ3v) is 8.10. The van der Waals surface area contributed by atoms with Gasteiger partial charge >= 0.3 is 0 Å². The quantitative estimate of drug-likeness (QED) is 0.434. The molecule has 1 atom stereocenters. The van der Waals surface area contributed by atoms with Gasteiger partial charge in [0, 0.05) is 24.2 Å². The Kier molecular flexibility index (Phi) is 7.63. The third kappa shape index (κ3) is 5.51. The minimum Gasteiger partial charge on any atom is -0.497 e. The number of ether oxygens (including phenoxy) is 1. The van der Waals surface area contributed by atoms with Crippen molar-refractivity contribution in [1.29, 1.82) is 0 Å². The number of anilines is 2. The van der Waals surface area contributed by atoms with E-state index in [9.17, 15) is 22.8 Å². The van der Waals surface area contributed by atoms with Crippen LogP contribution in [0.5, 0.6) is 5.75 Å². The van der Waals surface area contributed by atoms with Crippen molar-refractivity contribution in [2.45, 2.75) is 30.8 Å². The van der Waals surface area contributed by atoms with Gasteiger partial charge in [-0.15, -0.1) is 0 Å². The first-order chi connectivity index (χ1) is 17.6. The van der Waals surface area contributed by atoms with Crippen LogP contribution >= 0.6 is 11.6 Å². The summed E-state index contributed by atoms with van der Waals surface area (Å²) in [5.41, 5.74) is 1.25. The average molecular weight is 542 g/mol. The number of nitrogens with one attached hydrogen (secondary N) is 1. The molecule has 1 saturated heterocycles. The van der Waals surface area contributed by atoms with Gasteiger partial charge in [0.15, 0.2) is 0 Å². The van der Waals surface area contributed by atoms with Gasteiger partial charge < -0.3 is 10.1 Å². The SMILES string of the molecule is COc1ccc(S(=O)(=O)N(Cc2ccccc2Cl)C2CC(=O)N(c3ccc(NC(C)=O)cc3)C2=O)cc1. The Morgan fingerprint density at radius 2 is 1.70 bits per heavy atom. The van der Waals surface area contributed by atoms with Gasteiger partial charge in [-0.2, -0.15) is 4.31 Å². The molecule has 1 unspecified atom stereocenters. The standard InChI is InChI=1S/C26H24ClN3O6S/c1-17(31)28-19-7-9-20(10-8-19)30-25(32)15-24(26(30)33)29(16-18-5-3-4-6-23(18)27)37(34,35)22-13-11-21(36-2)12-14-22/h3-14,24H,15-16H2,1-2H3,(H,28,31). The fourth-order valence-corrected chi connectivity index (χ4v) is 5.80. The van der Waals surface area contributed by atoms with Gasteiger partial charge in [-0.25, -0.2) is 13.3 Å². The Morgan fingerprint density at radius 1 is 1.05 bits per heavy atom. The topological polar surface area (TPSA) is 113 Å². The normalized spacial score (nSPS) is 15.8. The first-order valence-electron chi connectivity index (χ1n) is 11.3. The number of halogens is 1. The van der Waals surface area contributed by atoms with Gasteiger partial charge in [-0.1, -0.05) is 29.8 Å². The molecule has 192 valence electrons. The number of hydrogen-bond acceptors (Lipinski definition) is 6. The van der Waals surface area contributed by atoms with Crippen LogP contribution in [0.25, 0.3) is 0 Å². The lowest BCUT2D eigenvalue weighted by molar-refractivity contribution is -0.122. The monoisotopic (exact) mass is 541 g/mol. The Bertz CT molecular complexity index is 1440. The van der Waals surface area contributed by atoms with E-state index in [1.807, 2.05) is 0 Å². The number of rotatable bonds is 8. The van der Waals surface area contributed by atoms with Gasteiger partial charge in [0.25, 0.3) is 5.91 Å². The molecule has 1 fully saturated rings. The number of imide groups is 1. The van der Waals surface area contributed by atoms with Crippen LogP contribution in [0.3, 0.4) is 0 Å². The summed E-state index contributed by atoms with van der Waals surface area (Å²) in [5, 5.41) is 2.95. The number of methoxy groups -OCH3 is 1. The summed E-state index contributed by atoms with van der Waals surface area (Å²) >= 11 is 6.32. The van der Waals surface area contributed by atoms with Crippen molar-refractivity contribution in [3.8, 4) is 5.75 Å². The molecular formula is C26H24ClN3O6S. The van der Waals surface area contributed by atoms with E-state index in [0.717, 1.165) is 9.21 Å². The number of benzene rings is 3. The summed E-state index contributed by atoms with van der Waals surface area (Å²) in [7, 11) is -2.77. The van der Waals surface area contributed by atoms with Gasteiger partial charge in [0.1, 0.15) is 11.8 Å². The molecule has 0 bridgehead atoms. The predicted molar refractivity (Wildman–Crippen MR) is 139 cm³/mol. The highest BCUT2D eigenvalue weighted by Crippen LogP contribution is 2.32. The van der Waals surface area contributed by atoms with Crippen molar-refractivity contribution < 1.29 is 27.5 Å². The number of carbonyl (C=O) groups excluding carboxylic acids is 3. The van der Waals surface area contributed by atoms with E-state index in [4.69, 9.17) is 16.3 Å². The second-order valence-corrected chi connectivity index (χ2v) is 10.6. The fraction of sp³-hybridized carbons (Fsp3) is 0.192. The van der Waals surface area contributed by atoms with Crippen LogP contribution in [0.1, 0.15) is 18.9 Å². The predicted octanol–water partition coefficient (Wildman–Crippen LogP) is 3.83. The van der Waals surface area contributed by atoms with Crippen molar-refractivity contribution in [2.24, 2.45) is 0 Å². The average Bonchev–Trinajstić information content (AvgIpc) is 3.16. The van der Waals surface area contributed by atoms with E-state index in [0.29, 0.717) is 22.0 Å². The molecule has 1 aliphatic rings. The number of amides is 3. The lowest BCUT2D eigenvalue weighted by Crippen LogP contribution is -2.45. The van der Waals surface area contributed by atoms with Crippen molar-refractivity contribution in [3.63, 3.8) is 0 Å². The number of sulfonamides is 1.